The maximum atomic E-state index is 13.4. The number of rotatable bonds is 2. The smallest absolute Gasteiger partial charge is 0.308 e. The molecule has 3 atom stereocenters. The van der Waals surface area contributed by atoms with Gasteiger partial charge in [-0.25, -0.2) is 0 Å². The number of benzene rings is 1. The van der Waals surface area contributed by atoms with Gasteiger partial charge in [-0.1, -0.05) is 23.9 Å². The average Bonchev–Trinajstić information content (AvgIpc) is 3.19. The first-order chi connectivity index (χ1) is 11.5. The van der Waals surface area contributed by atoms with E-state index in [1.54, 1.807) is 16.7 Å². The minimum Gasteiger partial charge on any atom is -0.481 e. The third kappa shape index (κ3) is 1.94. The molecule has 24 heavy (non-hydrogen) atoms. The van der Waals surface area contributed by atoms with Gasteiger partial charge >= 0.3 is 5.97 Å². The van der Waals surface area contributed by atoms with Gasteiger partial charge in [0.05, 0.1) is 11.6 Å². The Morgan fingerprint density at radius 3 is 2.79 bits per heavy atom. The molecular weight excluding hydrogens is 328 g/mol. The van der Waals surface area contributed by atoms with Crippen LogP contribution in [0, 0.1) is 5.92 Å². The van der Waals surface area contributed by atoms with E-state index < -0.39 is 16.8 Å². The summed E-state index contributed by atoms with van der Waals surface area (Å²) in [7, 11) is 0. The number of thioether (sulfide) groups is 1. The van der Waals surface area contributed by atoms with Crippen LogP contribution >= 0.6 is 11.8 Å². The monoisotopic (exact) mass is 346 g/mol. The molecule has 3 unspecified atom stereocenters. The van der Waals surface area contributed by atoms with Crippen LogP contribution in [-0.4, -0.2) is 45.2 Å². The summed E-state index contributed by atoms with van der Waals surface area (Å²) in [6.45, 7) is 2.21. The molecule has 7 heteroatoms. The fraction of sp³-hybridized carbons (Fsp3) is 0.471. The number of para-hydroxylation sites is 1. The molecule has 0 aromatic heterocycles. The van der Waals surface area contributed by atoms with Crippen molar-refractivity contribution in [3.8, 4) is 0 Å². The highest BCUT2D eigenvalue weighted by atomic mass is 32.2. The van der Waals surface area contributed by atoms with Gasteiger partial charge in [0.1, 0.15) is 0 Å². The van der Waals surface area contributed by atoms with Crippen LogP contribution in [0.15, 0.2) is 29.2 Å². The predicted octanol–water partition coefficient (Wildman–Crippen LogP) is 1.94. The second-order valence-corrected chi connectivity index (χ2v) is 7.88. The first-order valence-electron chi connectivity index (χ1n) is 8.11. The lowest BCUT2D eigenvalue weighted by Crippen LogP contribution is -2.55. The molecule has 4 rings (SSSR count). The summed E-state index contributed by atoms with van der Waals surface area (Å²) in [5, 5.41) is 9.31. The second kappa shape index (κ2) is 5.24. The van der Waals surface area contributed by atoms with Crippen LogP contribution in [-0.2, 0) is 14.4 Å². The number of nitrogens with zero attached hydrogens (tertiary/aromatic N) is 2. The highest BCUT2D eigenvalue weighted by Crippen LogP contribution is 2.56. The summed E-state index contributed by atoms with van der Waals surface area (Å²) in [4.78, 5) is 40.4. The molecule has 0 saturated carbocycles. The minimum absolute atomic E-state index is 0.0394. The van der Waals surface area contributed by atoms with Crippen molar-refractivity contribution in [2.24, 2.45) is 5.92 Å². The van der Waals surface area contributed by atoms with Crippen LogP contribution < -0.4 is 4.90 Å². The van der Waals surface area contributed by atoms with E-state index in [2.05, 4.69) is 0 Å². The van der Waals surface area contributed by atoms with Crippen molar-refractivity contribution in [1.82, 2.24) is 4.90 Å². The quantitative estimate of drug-likeness (QED) is 0.885. The van der Waals surface area contributed by atoms with Crippen molar-refractivity contribution >= 4 is 35.2 Å². The number of hydrogen-bond acceptors (Lipinski definition) is 4. The summed E-state index contributed by atoms with van der Waals surface area (Å²) in [5.41, 5.74) is 0.792. The highest BCUT2D eigenvalue weighted by Gasteiger charge is 2.59. The second-order valence-electron chi connectivity index (χ2n) is 6.56. The molecule has 1 N–H and O–H groups in total. The number of amides is 2. The molecule has 3 aliphatic rings. The van der Waals surface area contributed by atoms with Gasteiger partial charge in [0, 0.05) is 23.9 Å². The highest BCUT2D eigenvalue weighted by molar-refractivity contribution is 8.02. The number of anilines is 1. The Labute approximate surface area is 143 Å². The SMILES string of the molecule is CC1C(C(=O)O)CCN1C(=O)C12CCC(=O)N1c1ccccc1S2. The molecule has 0 bridgehead atoms. The zero-order valence-electron chi connectivity index (χ0n) is 13.3. The molecular formula is C17H18N2O4S. The third-order valence-electron chi connectivity index (χ3n) is 5.34. The Bertz CT molecular complexity index is 752. The van der Waals surface area contributed by atoms with Crippen molar-refractivity contribution in [2.45, 2.75) is 42.0 Å². The number of likely N-dealkylation sites (tertiary alicyclic amines) is 1. The Morgan fingerprint density at radius 1 is 1.33 bits per heavy atom. The summed E-state index contributed by atoms with van der Waals surface area (Å²) in [6, 6.07) is 7.20. The van der Waals surface area contributed by atoms with Crippen LogP contribution in [0.2, 0.25) is 0 Å². The minimum atomic E-state index is -0.942. The Kier molecular flexibility index (Phi) is 3.38. The van der Waals surface area contributed by atoms with E-state index in [0.717, 1.165) is 10.6 Å². The van der Waals surface area contributed by atoms with Crippen LogP contribution in [0.3, 0.4) is 0 Å². The number of carbonyl (C=O) groups is 3. The maximum absolute atomic E-state index is 13.4. The van der Waals surface area contributed by atoms with Gasteiger partial charge in [-0.05, 0) is 31.9 Å². The number of carboxylic acid groups (broad SMARTS) is 1. The number of fused-ring (bicyclic) bond motifs is 3. The van der Waals surface area contributed by atoms with E-state index >= 15 is 0 Å². The molecule has 1 aromatic rings. The molecule has 2 saturated heterocycles. The van der Waals surface area contributed by atoms with E-state index in [0.29, 0.717) is 25.8 Å². The average molecular weight is 346 g/mol. The first-order valence-corrected chi connectivity index (χ1v) is 8.92. The van der Waals surface area contributed by atoms with Gasteiger partial charge in [0.25, 0.3) is 5.91 Å². The van der Waals surface area contributed by atoms with Crippen molar-refractivity contribution < 1.29 is 19.5 Å². The third-order valence-corrected chi connectivity index (χ3v) is 6.80. The van der Waals surface area contributed by atoms with E-state index in [-0.39, 0.29) is 17.9 Å². The summed E-state index contributed by atoms with van der Waals surface area (Å²) in [5.74, 6) is -1.57. The van der Waals surface area contributed by atoms with E-state index in [1.807, 2.05) is 24.3 Å². The van der Waals surface area contributed by atoms with E-state index in [4.69, 9.17) is 0 Å². The van der Waals surface area contributed by atoms with Crippen molar-refractivity contribution in [3.05, 3.63) is 24.3 Å². The maximum Gasteiger partial charge on any atom is 0.308 e. The van der Waals surface area contributed by atoms with Crippen LogP contribution in [0.4, 0.5) is 5.69 Å². The molecule has 2 amide bonds. The van der Waals surface area contributed by atoms with Crippen molar-refractivity contribution in [1.29, 1.82) is 0 Å². The number of hydrogen-bond donors (Lipinski definition) is 1. The van der Waals surface area contributed by atoms with Gasteiger partial charge in [0.15, 0.2) is 4.87 Å². The molecule has 2 fully saturated rings. The number of carbonyl (C=O) groups excluding carboxylic acids is 2. The normalized spacial score (nSPS) is 31.3. The molecule has 6 nitrogen and oxygen atoms in total. The lowest BCUT2D eigenvalue weighted by atomic mass is 10.0. The molecule has 1 aromatic carbocycles. The van der Waals surface area contributed by atoms with Gasteiger partial charge < -0.3 is 10.0 Å². The summed E-state index contributed by atoms with van der Waals surface area (Å²) < 4.78 is 0. The van der Waals surface area contributed by atoms with Gasteiger partial charge in [-0.2, -0.15) is 0 Å². The van der Waals surface area contributed by atoms with Crippen molar-refractivity contribution in [2.75, 3.05) is 11.4 Å². The Morgan fingerprint density at radius 2 is 2.08 bits per heavy atom. The zero-order valence-corrected chi connectivity index (χ0v) is 14.1. The fourth-order valence-corrected chi connectivity index (χ4v) is 5.54. The molecule has 3 aliphatic heterocycles. The van der Waals surface area contributed by atoms with Crippen molar-refractivity contribution in [3.63, 3.8) is 0 Å². The van der Waals surface area contributed by atoms with E-state index in [1.165, 1.54) is 11.8 Å². The number of aliphatic carboxylic acids is 1. The summed E-state index contributed by atoms with van der Waals surface area (Å²) in [6.07, 6.45) is 1.27. The molecule has 0 radical (unpaired) electrons. The van der Waals surface area contributed by atoms with Crippen LogP contribution in [0.1, 0.15) is 26.2 Å². The van der Waals surface area contributed by atoms with Gasteiger partial charge in [0.2, 0.25) is 5.91 Å². The predicted molar refractivity (Wildman–Crippen MR) is 88.7 cm³/mol. The molecule has 0 aliphatic carbocycles. The summed E-state index contributed by atoms with van der Waals surface area (Å²) >= 11 is 1.43. The van der Waals surface area contributed by atoms with Crippen LogP contribution in [0.25, 0.3) is 0 Å². The van der Waals surface area contributed by atoms with Gasteiger partial charge in [-0.15, -0.1) is 0 Å². The Hall–Kier alpha value is -2.02. The van der Waals surface area contributed by atoms with Gasteiger partial charge in [-0.3, -0.25) is 19.3 Å². The first kappa shape index (κ1) is 15.5. The topological polar surface area (TPSA) is 77.9 Å². The number of carboxylic acids is 1. The zero-order chi connectivity index (χ0) is 17.1. The fourth-order valence-electron chi connectivity index (χ4n) is 4.06. The molecule has 3 heterocycles. The molecule has 126 valence electrons. The lowest BCUT2D eigenvalue weighted by Gasteiger charge is -2.35. The Balaban J connectivity index is 1.70. The van der Waals surface area contributed by atoms with E-state index in [9.17, 15) is 19.5 Å². The lowest BCUT2D eigenvalue weighted by molar-refractivity contribution is -0.143. The standard InChI is InChI=1S/C17H18N2O4S/c1-10-11(15(21)22)7-9-18(10)16(23)17-8-6-14(20)19(17)12-4-2-3-5-13(12)24-17/h2-5,10-11H,6-9H2,1H3,(H,21,22). The molecule has 0 spiro atoms. The van der Waals surface area contributed by atoms with Crippen LogP contribution in [0.5, 0.6) is 0 Å². The largest absolute Gasteiger partial charge is 0.481 e.